The predicted molar refractivity (Wildman–Crippen MR) is 87.9 cm³/mol. The SMILES string of the molecule is N#Cc1cn(C2CC2)c(=O)n(CC(=O)c2ccc3c(c2)CCO3)c1=O. The lowest BCUT2D eigenvalue weighted by atomic mass is 10.1. The molecule has 1 saturated carbocycles. The van der Waals surface area contributed by atoms with Crippen molar-refractivity contribution in [3.05, 3.63) is 61.9 Å². The molecule has 0 radical (unpaired) electrons. The van der Waals surface area contributed by atoms with Gasteiger partial charge in [-0.1, -0.05) is 0 Å². The van der Waals surface area contributed by atoms with Crippen molar-refractivity contribution in [3.8, 4) is 11.8 Å². The molecule has 0 amide bonds. The average molecular weight is 337 g/mol. The van der Waals surface area contributed by atoms with E-state index in [1.165, 1.54) is 10.8 Å². The number of ether oxygens (including phenoxy) is 1. The molecular weight excluding hydrogens is 322 g/mol. The first kappa shape index (κ1) is 15.4. The van der Waals surface area contributed by atoms with Crippen molar-refractivity contribution in [1.82, 2.24) is 9.13 Å². The van der Waals surface area contributed by atoms with Crippen molar-refractivity contribution in [1.29, 1.82) is 5.26 Å². The normalized spacial score (nSPS) is 15.3. The summed E-state index contributed by atoms with van der Waals surface area (Å²) >= 11 is 0. The molecule has 25 heavy (non-hydrogen) atoms. The first-order valence-corrected chi connectivity index (χ1v) is 8.13. The molecule has 0 N–H and O–H groups in total. The third-order valence-corrected chi connectivity index (χ3v) is 4.57. The Morgan fingerprint density at radius 1 is 1.32 bits per heavy atom. The molecule has 2 aromatic rings. The fraction of sp³-hybridized carbons (Fsp3) is 0.333. The third-order valence-electron chi connectivity index (χ3n) is 4.57. The fourth-order valence-corrected chi connectivity index (χ4v) is 3.05. The standard InChI is InChI=1S/C18H15N3O4/c19-8-13-9-20(14-2-3-14)18(24)21(17(13)23)10-15(22)11-1-4-16-12(7-11)5-6-25-16/h1,4,7,9,14H,2-3,5-6,10H2. The minimum atomic E-state index is -0.720. The zero-order valence-corrected chi connectivity index (χ0v) is 13.4. The van der Waals surface area contributed by atoms with E-state index >= 15 is 0 Å². The van der Waals surface area contributed by atoms with Gasteiger partial charge in [0.05, 0.1) is 13.2 Å². The second-order valence-corrected chi connectivity index (χ2v) is 6.31. The lowest BCUT2D eigenvalue weighted by Gasteiger charge is -2.10. The number of fused-ring (bicyclic) bond motifs is 1. The Hall–Kier alpha value is -3.14. The van der Waals surface area contributed by atoms with Gasteiger partial charge < -0.3 is 4.74 Å². The van der Waals surface area contributed by atoms with Crippen molar-refractivity contribution in [2.75, 3.05) is 6.61 Å². The van der Waals surface area contributed by atoms with Gasteiger partial charge in [0.2, 0.25) is 0 Å². The molecule has 1 aromatic heterocycles. The summed E-state index contributed by atoms with van der Waals surface area (Å²) in [5.74, 6) is 0.419. The van der Waals surface area contributed by atoms with Crippen molar-refractivity contribution < 1.29 is 9.53 Å². The molecule has 1 aliphatic heterocycles. The summed E-state index contributed by atoms with van der Waals surface area (Å²) in [4.78, 5) is 37.4. The molecule has 1 fully saturated rings. The number of nitriles is 1. The lowest BCUT2D eigenvalue weighted by molar-refractivity contribution is 0.0968. The first-order chi connectivity index (χ1) is 12.1. The topological polar surface area (TPSA) is 94.1 Å². The third kappa shape index (κ3) is 2.66. The van der Waals surface area contributed by atoms with Crippen LogP contribution in [0.15, 0.2) is 34.0 Å². The van der Waals surface area contributed by atoms with E-state index in [0.717, 1.165) is 35.1 Å². The van der Waals surface area contributed by atoms with Crippen LogP contribution in [0.4, 0.5) is 0 Å². The molecule has 4 rings (SSSR count). The Bertz CT molecular complexity index is 1040. The Morgan fingerprint density at radius 2 is 2.12 bits per heavy atom. The molecular formula is C18H15N3O4. The predicted octanol–water partition coefficient (Wildman–Crippen LogP) is 1.03. The highest BCUT2D eigenvalue weighted by Crippen LogP contribution is 2.33. The first-order valence-electron chi connectivity index (χ1n) is 8.13. The Balaban J connectivity index is 1.72. The van der Waals surface area contributed by atoms with E-state index in [-0.39, 0.29) is 23.9 Å². The van der Waals surface area contributed by atoms with Crippen molar-refractivity contribution >= 4 is 5.78 Å². The second kappa shape index (κ2) is 5.74. The number of Topliss-reactive ketones (excluding diaryl/α,β-unsaturated/α-hetero) is 1. The van der Waals surface area contributed by atoms with Crippen LogP contribution in [0.1, 0.15) is 40.4 Å². The molecule has 2 heterocycles. The Labute approximate surface area is 142 Å². The van der Waals surface area contributed by atoms with E-state index in [0.29, 0.717) is 12.2 Å². The molecule has 1 aromatic carbocycles. The maximum absolute atomic E-state index is 12.6. The molecule has 2 aliphatic rings. The quantitative estimate of drug-likeness (QED) is 0.777. The molecule has 7 nitrogen and oxygen atoms in total. The highest BCUT2D eigenvalue weighted by molar-refractivity contribution is 5.96. The highest BCUT2D eigenvalue weighted by atomic mass is 16.5. The molecule has 0 bridgehead atoms. The van der Waals surface area contributed by atoms with Crippen molar-refractivity contribution in [3.63, 3.8) is 0 Å². The Kier molecular flexibility index (Phi) is 3.53. The van der Waals surface area contributed by atoms with Crippen LogP contribution in [0.25, 0.3) is 0 Å². The smallest absolute Gasteiger partial charge is 0.331 e. The number of carbonyl (C=O) groups excluding carboxylic acids is 1. The molecule has 126 valence electrons. The van der Waals surface area contributed by atoms with Gasteiger partial charge in [-0.3, -0.25) is 18.7 Å². The molecule has 0 atom stereocenters. The van der Waals surface area contributed by atoms with Gasteiger partial charge in [0.15, 0.2) is 5.78 Å². The summed E-state index contributed by atoms with van der Waals surface area (Å²) < 4.78 is 7.67. The van der Waals surface area contributed by atoms with Gasteiger partial charge in [-0.05, 0) is 36.6 Å². The number of hydrogen-bond acceptors (Lipinski definition) is 5. The van der Waals surface area contributed by atoms with Crippen LogP contribution in [0.3, 0.4) is 0 Å². The summed E-state index contributed by atoms with van der Waals surface area (Å²) in [6, 6.07) is 6.92. The average Bonchev–Trinajstić information content (AvgIpc) is 3.34. The number of aromatic nitrogens is 2. The number of carbonyl (C=O) groups is 1. The number of hydrogen-bond donors (Lipinski definition) is 0. The number of rotatable bonds is 4. The van der Waals surface area contributed by atoms with E-state index in [4.69, 9.17) is 10.00 Å². The van der Waals surface area contributed by atoms with Gasteiger partial charge in [0.1, 0.15) is 17.4 Å². The van der Waals surface area contributed by atoms with Gasteiger partial charge in [-0.25, -0.2) is 4.79 Å². The molecule has 1 aliphatic carbocycles. The van der Waals surface area contributed by atoms with Crippen LogP contribution in [-0.2, 0) is 13.0 Å². The van der Waals surface area contributed by atoms with E-state index < -0.39 is 11.2 Å². The van der Waals surface area contributed by atoms with Crippen LogP contribution in [0, 0.1) is 11.3 Å². The molecule has 7 heteroatoms. The van der Waals surface area contributed by atoms with Gasteiger partial charge in [-0.2, -0.15) is 5.26 Å². The van der Waals surface area contributed by atoms with Gasteiger partial charge in [0.25, 0.3) is 5.56 Å². The molecule has 0 unspecified atom stereocenters. The van der Waals surface area contributed by atoms with Crippen molar-refractivity contribution in [2.45, 2.75) is 31.8 Å². The van der Waals surface area contributed by atoms with E-state index in [9.17, 15) is 14.4 Å². The van der Waals surface area contributed by atoms with Gasteiger partial charge in [0, 0.05) is 24.2 Å². The van der Waals surface area contributed by atoms with Crippen LogP contribution in [-0.4, -0.2) is 21.5 Å². The monoisotopic (exact) mass is 337 g/mol. The minimum absolute atomic E-state index is 0.0127. The van der Waals surface area contributed by atoms with Crippen molar-refractivity contribution in [2.24, 2.45) is 0 Å². The second-order valence-electron chi connectivity index (χ2n) is 6.31. The van der Waals surface area contributed by atoms with E-state index in [1.54, 1.807) is 18.2 Å². The number of benzene rings is 1. The van der Waals surface area contributed by atoms with Crippen LogP contribution in [0.5, 0.6) is 5.75 Å². The summed E-state index contributed by atoms with van der Waals surface area (Å²) in [5.41, 5.74) is -0.0107. The number of ketones is 1. The maximum Gasteiger partial charge on any atom is 0.331 e. The van der Waals surface area contributed by atoms with Gasteiger partial charge >= 0.3 is 5.69 Å². The summed E-state index contributed by atoms with van der Waals surface area (Å²) in [6.07, 6.45) is 3.70. The Morgan fingerprint density at radius 3 is 2.84 bits per heavy atom. The van der Waals surface area contributed by atoms with Crippen LogP contribution < -0.4 is 16.0 Å². The maximum atomic E-state index is 12.6. The van der Waals surface area contributed by atoms with E-state index in [2.05, 4.69) is 0 Å². The molecule has 0 saturated heterocycles. The molecule has 0 spiro atoms. The zero-order chi connectivity index (χ0) is 17.6. The van der Waals surface area contributed by atoms with E-state index in [1.807, 2.05) is 6.07 Å². The summed E-state index contributed by atoms with van der Waals surface area (Å²) in [7, 11) is 0. The fourth-order valence-electron chi connectivity index (χ4n) is 3.05. The minimum Gasteiger partial charge on any atom is -0.493 e. The highest BCUT2D eigenvalue weighted by Gasteiger charge is 2.27. The summed E-state index contributed by atoms with van der Waals surface area (Å²) in [6.45, 7) is 0.211. The lowest BCUT2D eigenvalue weighted by Crippen LogP contribution is -2.42. The van der Waals surface area contributed by atoms with Crippen LogP contribution >= 0.6 is 0 Å². The largest absolute Gasteiger partial charge is 0.493 e. The van der Waals surface area contributed by atoms with Crippen LogP contribution in [0.2, 0.25) is 0 Å². The van der Waals surface area contributed by atoms with Gasteiger partial charge in [-0.15, -0.1) is 0 Å². The summed E-state index contributed by atoms with van der Waals surface area (Å²) in [5, 5.41) is 9.14. The number of nitrogens with zero attached hydrogens (tertiary/aromatic N) is 3. The zero-order valence-electron chi connectivity index (χ0n) is 13.4.